The lowest BCUT2D eigenvalue weighted by atomic mass is 9.94. The molecule has 1 aromatic carbocycles. The van der Waals surface area contributed by atoms with Crippen molar-refractivity contribution in [1.29, 1.82) is 0 Å². The molecule has 0 unspecified atom stereocenters. The Balaban J connectivity index is 1.56. The second kappa shape index (κ2) is 10.2. The van der Waals surface area contributed by atoms with Gasteiger partial charge >= 0.3 is 0 Å². The SMILES string of the molecule is CN(C(=O)CSc1ccccc1C(=O)NC1CCCCC1)C1CCCCC1. The van der Waals surface area contributed by atoms with Crippen molar-refractivity contribution in [2.24, 2.45) is 0 Å². The van der Waals surface area contributed by atoms with Gasteiger partial charge in [-0.2, -0.15) is 0 Å². The zero-order chi connectivity index (χ0) is 19.1. The molecule has 5 heteroatoms. The van der Waals surface area contributed by atoms with Gasteiger partial charge in [-0.1, -0.05) is 50.7 Å². The van der Waals surface area contributed by atoms with Gasteiger partial charge in [-0.05, 0) is 37.8 Å². The van der Waals surface area contributed by atoms with Crippen LogP contribution in [-0.4, -0.2) is 41.6 Å². The molecule has 2 amide bonds. The Kier molecular flexibility index (Phi) is 7.62. The van der Waals surface area contributed by atoms with E-state index in [1.165, 1.54) is 50.3 Å². The van der Waals surface area contributed by atoms with Gasteiger partial charge in [0.1, 0.15) is 0 Å². The average molecular weight is 389 g/mol. The van der Waals surface area contributed by atoms with Crippen LogP contribution < -0.4 is 5.32 Å². The summed E-state index contributed by atoms with van der Waals surface area (Å²) < 4.78 is 0. The van der Waals surface area contributed by atoms with Crippen LogP contribution in [0.1, 0.15) is 74.6 Å². The molecule has 0 radical (unpaired) electrons. The Hall–Kier alpha value is -1.49. The highest BCUT2D eigenvalue weighted by Gasteiger charge is 2.23. The number of carbonyl (C=O) groups is 2. The minimum absolute atomic E-state index is 0.00177. The maximum atomic E-state index is 12.7. The Morgan fingerprint density at radius 3 is 2.33 bits per heavy atom. The summed E-state index contributed by atoms with van der Waals surface area (Å²) >= 11 is 1.49. The second-order valence-electron chi connectivity index (χ2n) is 7.89. The van der Waals surface area contributed by atoms with E-state index in [1.54, 1.807) is 0 Å². The van der Waals surface area contributed by atoms with Crippen LogP contribution in [0, 0.1) is 0 Å². The van der Waals surface area contributed by atoms with Crippen molar-refractivity contribution in [2.75, 3.05) is 12.8 Å². The van der Waals surface area contributed by atoms with Crippen molar-refractivity contribution >= 4 is 23.6 Å². The van der Waals surface area contributed by atoms with E-state index in [0.29, 0.717) is 23.4 Å². The molecule has 3 rings (SSSR count). The molecule has 0 aromatic heterocycles. The molecule has 0 bridgehead atoms. The number of amides is 2. The lowest BCUT2D eigenvalue weighted by Crippen LogP contribution is -2.39. The van der Waals surface area contributed by atoms with E-state index in [9.17, 15) is 9.59 Å². The molecule has 2 fully saturated rings. The van der Waals surface area contributed by atoms with Crippen LogP contribution >= 0.6 is 11.8 Å². The summed E-state index contributed by atoms with van der Waals surface area (Å²) in [4.78, 5) is 28.2. The molecule has 2 aliphatic rings. The Labute approximate surface area is 167 Å². The van der Waals surface area contributed by atoms with Gasteiger partial charge in [0, 0.05) is 24.0 Å². The van der Waals surface area contributed by atoms with Crippen molar-refractivity contribution < 1.29 is 9.59 Å². The number of hydrogen-bond donors (Lipinski definition) is 1. The predicted octanol–water partition coefficient (Wildman–Crippen LogP) is 4.63. The summed E-state index contributed by atoms with van der Waals surface area (Å²) in [5.41, 5.74) is 0.696. The second-order valence-corrected chi connectivity index (χ2v) is 8.91. The van der Waals surface area contributed by atoms with Gasteiger partial charge in [0.25, 0.3) is 5.91 Å². The summed E-state index contributed by atoms with van der Waals surface area (Å²) in [6.45, 7) is 0. The van der Waals surface area contributed by atoms with Gasteiger partial charge < -0.3 is 10.2 Å². The average Bonchev–Trinajstić information content (AvgIpc) is 2.73. The van der Waals surface area contributed by atoms with Crippen LogP contribution in [0.2, 0.25) is 0 Å². The van der Waals surface area contributed by atoms with Crippen LogP contribution in [-0.2, 0) is 4.79 Å². The molecule has 0 saturated heterocycles. The quantitative estimate of drug-likeness (QED) is 0.723. The van der Waals surface area contributed by atoms with Gasteiger partial charge in [0.2, 0.25) is 5.91 Å². The predicted molar refractivity (Wildman–Crippen MR) is 111 cm³/mol. The molecule has 2 saturated carbocycles. The third-order valence-electron chi connectivity index (χ3n) is 5.94. The Morgan fingerprint density at radius 1 is 1.00 bits per heavy atom. The molecule has 0 heterocycles. The highest BCUT2D eigenvalue weighted by Crippen LogP contribution is 2.26. The van der Waals surface area contributed by atoms with E-state index in [-0.39, 0.29) is 11.8 Å². The molecule has 0 aliphatic heterocycles. The first-order valence-corrected chi connectivity index (χ1v) is 11.4. The van der Waals surface area contributed by atoms with E-state index in [2.05, 4.69) is 5.32 Å². The molecule has 0 spiro atoms. The summed E-state index contributed by atoms with van der Waals surface area (Å²) in [6, 6.07) is 8.34. The molecular formula is C22H32N2O2S. The van der Waals surface area contributed by atoms with Gasteiger partial charge in [-0.3, -0.25) is 9.59 Å². The third kappa shape index (κ3) is 5.74. The highest BCUT2D eigenvalue weighted by molar-refractivity contribution is 8.00. The number of nitrogens with zero attached hydrogens (tertiary/aromatic N) is 1. The monoisotopic (exact) mass is 388 g/mol. The van der Waals surface area contributed by atoms with Crippen LogP contribution in [0.3, 0.4) is 0 Å². The van der Waals surface area contributed by atoms with Gasteiger partial charge in [0.05, 0.1) is 11.3 Å². The van der Waals surface area contributed by atoms with Crippen LogP contribution in [0.4, 0.5) is 0 Å². The molecule has 27 heavy (non-hydrogen) atoms. The number of thioether (sulfide) groups is 1. The molecule has 0 atom stereocenters. The zero-order valence-corrected chi connectivity index (χ0v) is 17.2. The Morgan fingerprint density at radius 2 is 1.63 bits per heavy atom. The number of hydrogen-bond acceptors (Lipinski definition) is 3. The van der Waals surface area contributed by atoms with Gasteiger partial charge in [0.15, 0.2) is 0 Å². The number of nitrogens with one attached hydrogen (secondary N) is 1. The minimum atomic E-state index is -0.00177. The summed E-state index contributed by atoms with van der Waals surface area (Å²) in [5, 5.41) is 3.19. The smallest absolute Gasteiger partial charge is 0.252 e. The Bertz CT molecular complexity index is 637. The van der Waals surface area contributed by atoms with Crippen LogP contribution in [0.5, 0.6) is 0 Å². The highest BCUT2D eigenvalue weighted by atomic mass is 32.2. The van der Waals surface area contributed by atoms with Crippen molar-refractivity contribution in [1.82, 2.24) is 10.2 Å². The van der Waals surface area contributed by atoms with Crippen molar-refractivity contribution in [3.05, 3.63) is 29.8 Å². The molecule has 4 nitrogen and oxygen atoms in total. The number of benzene rings is 1. The van der Waals surface area contributed by atoms with Crippen molar-refractivity contribution in [3.8, 4) is 0 Å². The first-order valence-electron chi connectivity index (χ1n) is 10.4. The summed E-state index contributed by atoms with van der Waals surface area (Å²) in [5.74, 6) is 0.549. The normalized spacial score (nSPS) is 18.9. The fourth-order valence-electron chi connectivity index (χ4n) is 4.20. The summed E-state index contributed by atoms with van der Waals surface area (Å²) in [7, 11) is 1.93. The van der Waals surface area contributed by atoms with Crippen molar-refractivity contribution in [3.63, 3.8) is 0 Å². The fraction of sp³-hybridized carbons (Fsp3) is 0.636. The van der Waals surface area contributed by atoms with Crippen LogP contribution in [0.25, 0.3) is 0 Å². The molecule has 1 aromatic rings. The zero-order valence-electron chi connectivity index (χ0n) is 16.4. The van der Waals surface area contributed by atoms with E-state index in [1.807, 2.05) is 36.2 Å². The first-order chi connectivity index (χ1) is 13.1. The largest absolute Gasteiger partial charge is 0.349 e. The lowest BCUT2D eigenvalue weighted by Gasteiger charge is -2.31. The van der Waals surface area contributed by atoms with Gasteiger partial charge in [-0.25, -0.2) is 0 Å². The third-order valence-corrected chi connectivity index (χ3v) is 7.00. The fourth-order valence-corrected chi connectivity index (χ4v) is 5.18. The van der Waals surface area contributed by atoms with Crippen molar-refractivity contribution in [2.45, 2.75) is 81.2 Å². The molecular weight excluding hydrogens is 356 g/mol. The molecule has 1 N–H and O–H groups in total. The maximum absolute atomic E-state index is 12.7. The molecule has 148 valence electrons. The van der Waals surface area contributed by atoms with E-state index in [0.717, 1.165) is 30.6 Å². The van der Waals surface area contributed by atoms with E-state index < -0.39 is 0 Å². The number of carbonyl (C=O) groups excluding carboxylic acids is 2. The number of rotatable bonds is 6. The minimum Gasteiger partial charge on any atom is -0.349 e. The maximum Gasteiger partial charge on any atom is 0.252 e. The van der Waals surface area contributed by atoms with Crippen LogP contribution in [0.15, 0.2) is 29.2 Å². The lowest BCUT2D eigenvalue weighted by molar-refractivity contribution is -0.129. The first kappa shape index (κ1) is 20.2. The standard InChI is InChI=1S/C22H32N2O2S/c1-24(18-12-6-3-7-13-18)21(25)16-27-20-15-9-8-14-19(20)22(26)23-17-10-4-2-5-11-17/h8-9,14-15,17-18H,2-7,10-13,16H2,1H3,(H,23,26). The van der Waals surface area contributed by atoms with Gasteiger partial charge in [-0.15, -0.1) is 11.8 Å². The van der Waals surface area contributed by atoms with E-state index >= 15 is 0 Å². The van der Waals surface area contributed by atoms with E-state index in [4.69, 9.17) is 0 Å². The molecule has 2 aliphatic carbocycles. The summed E-state index contributed by atoms with van der Waals surface area (Å²) in [6.07, 6.45) is 11.8. The topological polar surface area (TPSA) is 49.4 Å².